The average molecular weight is 428 g/mol. The summed E-state index contributed by atoms with van der Waals surface area (Å²) in [4.78, 5) is 24.3. The summed E-state index contributed by atoms with van der Waals surface area (Å²) >= 11 is 1.18. The van der Waals surface area contributed by atoms with Crippen molar-refractivity contribution in [3.05, 3.63) is 34.7 Å². The fraction of sp³-hybridized carbons (Fsp3) is 0.471. The SMILES string of the molecule is CCCn1c(S[C@@H](C)C(=O)Nc2ccc(S(=O)(=O)NC(C)C)cc2)n[nH]c1=O. The second-order valence-corrected chi connectivity index (χ2v) is 9.53. The van der Waals surface area contributed by atoms with E-state index in [1.807, 2.05) is 6.92 Å². The Balaban J connectivity index is 2.03. The van der Waals surface area contributed by atoms with Crippen molar-refractivity contribution in [2.24, 2.45) is 0 Å². The van der Waals surface area contributed by atoms with E-state index in [4.69, 9.17) is 0 Å². The first-order valence-electron chi connectivity index (χ1n) is 8.89. The second-order valence-electron chi connectivity index (χ2n) is 6.51. The lowest BCUT2D eigenvalue weighted by Gasteiger charge is -2.13. The molecule has 0 unspecified atom stereocenters. The van der Waals surface area contributed by atoms with E-state index in [2.05, 4.69) is 20.2 Å². The Morgan fingerprint density at radius 3 is 2.46 bits per heavy atom. The number of rotatable bonds is 9. The summed E-state index contributed by atoms with van der Waals surface area (Å²) in [6.45, 7) is 7.66. The highest BCUT2D eigenvalue weighted by molar-refractivity contribution is 8.00. The van der Waals surface area contributed by atoms with Crippen LogP contribution in [0.3, 0.4) is 0 Å². The first kappa shape index (κ1) is 22.2. The highest BCUT2D eigenvalue weighted by atomic mass is 32.2. The molecule has 0 spiro atoms. The third-order valence-corrected chi connectivity index (χ3v) is 6.41. The van der Waals surface area contributed by atoms with Gasteiger partial charge in [0.2, 0.25) is 15.9 Å². The molecule has 1 aromatic carbocycles. The predicted molar refractivity (Wildman–Crippen MR) is 109 cm³/mol. The number of amides is 1. The Labute approximate surface area is 168 Å². The molecule has 0 fully saturated rings. The standard InChI is InChI=1S/C17H25N5O4S2/c1-5-10-22-16(24)19-20-17(22)27-12(4)15(23)18-13-6-8-14(9-7-13)28(25,26)21-11(2)3/h6-9,11-12,21H,5,10H2,1-4H3,(H,18,23)(H,19,24)/t12-/m0/s1. The number of H-pyrrole nitrogens is 1. The van der Waals surface area contributed by atoms with E-state index >= 15 is 0 Å². The second kappa shape index (κ2) is 9.39. The van der Waals surface area contributed by atoms with Gasteiger partial charge in [0.1, 0.15) is 0 Å². The van der Waals surface area contributed by atoms with Crippen LogP contribution in [0, 0.1) is 0 Å². The molecule has 1 amide bonds. The Kier molecular flexibility index (Phi) is 7.44. The van der Waals surface area contributed by atoms with Gasteiger partial charge in [-0.15, -0.1) is 5.10 Å². The molecule has 11 heteroatoms. The number of anilines is 1. The number of aromatic amines is 1. The molecule has 2 aromatic rings. The summed E-state index contributed by atoms with van der Waals surface area (Å²) < 4.78 is 28.3. The van der Waals surface area contributed by atoms with E-state index in [-0.39, 0.29) is 22.5 Å². The van der Waals surface area contributed by atoms with E-state index in [9.17, 15) is 18.0 Å². The van der Waals surface area contributed by atoms with Gasteiger partial charge in [-0.3, -0.25) is 9.36 Å². The molecule has 0 aliphatic carbocycles. The third kappa shape index (κ3) is 5.69. The first-order valence-corrected chi connectivity index (χ1v) is 11.3. The van der Waals surface area contributed by atoms with Crippen molar-refractivity contribution in [1.82, 2.24) is 19.5 Å². The number of hydrogen-bond acceptors (Lipinski definition) is 6. The summed E-state index contributed by atoms with van der Waals surface area (Å²) in [5, 5.41) is 9.04. The molecule has 154 valence electrons. The maximum Gasteiger partial charge on any atom is 0.343 e. The highest BCUT2D eigenvalue weighted by Gasteiger charge is 2.20. The lowest BCUT2D eigenvalue weighted by Crippen LogP contribution is -2.30. The Hall–Kier alpha value is -2.11. The van der Waals surface area contributed by atoms with Gasteiger partial charge in [-0.2, -0.15) is 0 Å². The van der Waals surface area contributed by atoms with E-state index in [0.717, 1.165) is 6.42 Å². The largest absolute Gasteiger partial charge is 0.343 e. The fourth-order valence-corrected chi connectivity index (χ4v) is 4.50. The summed E-state index contributed by atoms with van der Waals surface area (Å²) in [7, 11) is -3.58. The highest BCUT2D eigenvalue weighted by Crippen LogP contribution is 2.22. The van der Waals surface area contributed by atoms with Crippen LogP contribution >= 0.6 is 11.8 Å². The maximum atomic E-state index is 12.4. The number of aromatic nitrogens is 3. The van der Waals surface area contributed by atoms with Crippen molar-refractivity contribution in [3.63, 3.8) is 0 Å². The Morgan fingerprint density at radius 1 is 1.25 bits per heavy atom. The van der Waals surface area contributed by atoms with Gasteiger partial charge in [0.25, 0.3) is 0 Å². The van der Waals surface area contributed by atoms with Gasteiger partial charge in [0.15, 0.2) is 5.16 Å². The van der Waals surface area contributed by atoms with Crippen LogP contribution in [0.4, 0.5) is 5.69 Å². The molecule has 0 aliphatic heterocycles. The molecular formula is C17H25N5O4S2. The maximum absolute atomic E-state index is 12.4. The van der Waals surface area contributed by atoms with E-state index in [0.29, 0.717) is 17.4 Å². The van der Waals surface area contributed by atoms with Crippen LogP contribution in [-0.2, 0) is 21.4 Å². The molecule has 0 saturated heterocycles. The first-order chi connectivity index (χ1) is 13.1. The van der Waals surface area contributed by atoms with Crippen molar-refractivity contribution < 1.29 is 13.2 Å². The van der Waals surface area contributed by atoms with Crippen molar-refractivity contribution >= 4 is 33.4 Å². The Morgan fingerprint density at radius 2 is 1.89 bits per heavy atom. The predicted octanol–water partition coefficient (Wildman–Crippen LogP) is 1.79. The smallest absolute Gasteiger partial charge is 0.325 e. The number of nitrogens with one attached hydrogen (secondary N) is 3. The zero-order valence-corrected chi connectivity index (χ0v) is 17.9. The van der Waals surface area contributed by atoms with Gasteiger partial charge in [-0.05, 0) is 51.5 Å². The number of carbonyl (C=O) groups excluding carboxylic acids is 1. The van der Waals surface area contributed by atoms with Crippen LogP contribution in [-0.4, -0.2) is 40.4 Å². The van der Waals surface area contributed by atoms with Crippen LogP contribution in [0.15, 0.2) is 39.1 Å². The van der Waals surface area contributed by atoms with E-state index in [1.54, 1.807) is 20.8 Å². The fourth-order valence-electron chi connectivity index (χ4n) is 2.37. The van der Waals surface area contributed by atoms with Crippen molar-refractivity contribution in [3.8, 4) is 0 Å². The zero-order valence-electron chi connectivity index (χ0n) is 16.2. The molecule has 2 rings (SSSR count). The summed E-state index contributed by atoms with van der Waals surface area (Å²) in [5.41, 5.74) is 0.178. The third-order valence-electron chi connectivity index (χ3n) is 3.64. The summed E-state index contributed by atoms with van der Waals surface area (Å²) in [5.74, 6) is -0.278. The minimum atomic E-state index is -3.58. The number of thioether (sulfide) groups is 1. The van der Waals surface area contributed by atoms with Crippen molar-refractivity contribution in [2.45, 2.75) is 62.0 Å². The minimum absolute atomic E-state index is 0.127. The number of hydrogen-bond donors (Lipinski definition) is 3. The molecule has 9 nitrogen and oxygen atoms in total. The molecule has 1 heterocycles. The van der Waals surface area contributed by atoms with Gasteiger partial charge >= 0.3 is 5.69 Å². The quantitative estimate of drug-likeness (QED) is 0.524. The van der Waals surface area contributed by atoms with Crippen LogP contribution in [0.25, 0.3) is 0 Å². The van der Waals surface area contributed by atoms with Gasteiger partial charge < -0.3 is 5.32 Å². The molecule has 28 heavy (non-hydrogen) atoms. The van der Waals surface area contributed by atoms with Gasteiger partial charge in [-0.1, -0.05) is 18.7 Å². The lowest BCUT2D eigenvalue weighted by molar-refractivity contribution is -0.115. The summed E-state index contributed by atoms with van der Waals surface area (Å²) in [6, 6.07) is 5.72. The van der Waals surface area contributed by atoms with Crippen molar-refractivity contribution in [2.75, 3.05) is 5.32 Å². The molecule has 0 aliphatic rings. The van der Waals surface area contributed by atoms with Crippen LogP contribution < -0.4 is 15.7 Å². The summed E-state index contributed by atoms with van der Waals surface area (Å²) in [6.07, 6.45) is 0.772. The number of carbonyl (C=O) groups is 1. The monoisotopic (exact) mass is 427 g/mol. The molecule has 3 N–H and O–H groups in total. The molecular weight excluding hydrogens is 402 g/mol. The van der Waals surface area contributed by atoms with E-state index < -0.39 is 15.3 Å². The molecule has 1 aromatic heterocycles. The number of nitrogens with zero attached hydrogens (tertiary/aromatic N) is 2. The molecule has 0 saturated carbocycles. The van der Waals surface area contributed by atoms with Gasteiger partial charge in [0, 0.05) is 18.3 Å². The number of sulfonamides is 1. The molecule has 0 radical (unpaired) electrons. The van der Waals surface area contributed by atoms with Gasteiger partial charge in [-0.25, -0.2) is 23.0 Å². The lowest BCUT2D eigenvalue weighted by atomic mass is 10.3. The van der Waals surface area contributed by atoms with Crippen LogP contribution in [0.1, 0.15) is 34.1 Å². The minimum Gasteiger partial charge on any atom is -0.325 e. The van der Waals surface area contributed by atoms with E-state index in [1.165, 1.54) is 40.6 Å². The van der Waals surface area contributed by atoms with Crippen LogP contribution in [0.5, 0.6) is 0 Å². The molecule has 1 atom stereocenters. The number of benzene rings is 1. The average Bonchev–Trinajstić information content (AvgIpc) is 2.95. The Bertz CT molecular complexity index is 964. The topological polar surface area (TPSA) is 126 Å². The zero-order chi connectivity index (χ0) is 20.9. The van der Waals surface area contributed by atoms with Crippen LogP contribution in [0.2, 0.25) is 0 Å². The normalized spacial score (nSPS) is 12.9. The molecule has 0 bridgehead atoms. The van der Waals surface area contributed by atoms with Crippen molar-refractivity contribution in [1.29, 1.82) is 0 Å². The van der Waals surface area contributed by atoms with Gasteiger partial charge in [0.05, 0.1) is 10.1 Å².